The lowest BCUT2D eigenvalue weighted by molar-refractivity contribution is 0.591. The molecule has 10 rings (SSSR count). The first-order valence-corrected chi connectivity index (χ1v) is 20.0. The van der Waals surface area contributed by atoms with Gasteiger partial charge in [-0.25, -0.2) is 4.98 Å². The third kappa shape index (κ3) is 5.36. The van der Waals surface area contributed by atoms with Crippen LogP contribution in [0.3, 0.4) is 0 Å². The van der Waals surface area contributed by atoms with Crippen LogP contribution in [0.5, 0.6) is 0 Å². The minimum Gasteiger partial charge on any atom is -0.455 e. The maximum Gasteiger partial charge on any atom is 0.149 e. The molecule has 0 saturated carbocycles. The summed E-state index contributed by atoms with van der Waals surface area (Å²) in [6, 6.07) is 51.2. The zero-order chi connectivity index (χ0) is 38.5. The summed E-state index contributed by atoms with van der Waals surface area (Å²) in [5.41, 5.74) is 12.4. The highest BCUT2D eigenvalue weighted by Gasteiger charge is 2.27. The second-order valence-corrected chi connectivity index (χ2v) is 17.2. The molecule has 0 aliphatic rings. The number of fused-ring (bicyclic) bond motifs is 9. The van der Waals surface area contributed by atoms with Gasteiger partial charge in [0, 0.05) is 16.2 Å². The van der Waals surface area contributed by atoms with Gasteiger partial charge < -0.3 is 4.42 Å². The van der Waals surface area contributed by atoms with Crippen molar-refractivity contribution in [2.45, 2.75) is 65.7 Å². The molecule has 2 heterocycles. The SMILES string of the molecule is CC(C)c1cc(-c2ccccc2)cc(C(C)C)c1-n1c(-c2cccc3c2oc2cc4c(ccc5ccccc54)cc23)nc2ccc3ccc(C(C)(C)C)cc3c21. The maximum absolute atomic E-state index is 7.01. The van der Waals surface area contributed by atoms with Crippen molar-refractivity contribution in [1.29, 1.82) is 0 Å². The lowest BCUT2D eigenvalue weighted by Gasteiger charge is -2.25. The van der Waals surface area contributed by atoms with Crippen LogP contribution < -0.4 is 0 Å². The second-order valence-electron chi connectivity index (χ2n) is 17.2. The molecule has 10 aromatic rings. The molecule has 2 aromatic heterocycles. The van der Waals surface area contributed by atoms with E-state index in [9.17, 15) is 0 Å². The van der Waals surface area contributed by atoms with Gasteiger partial charge >= 0.3 is 0 Å². The van der Waals surface area contributed by atoms with E-state index in [2.05, 4.69) is 193 Å². The Morgan fingerprint density at radius 3 is 1.95 bits per heavy atom. The molecule has 56 heavy (non-hydrogen) atoms. The molecule has 0 fully saturated rings. The summed E-state index contributed by atoms with van der Waals surface area (Å²) in [4.78, 5) is 5.60. The molecule has 3 nitrogen and oxygen atoms in total. The number of hydrogen-bond donors (Lipinski definition) is 0. The summed E-state index contributed by atoms with van der Waals surface area (Å²) in [5, 5.41) is 9.50. The Morgan fingerprint density at radius 2 is 1.20 bits per heavy atom. The lowest BCUT2D eigenvalue weighted by Crippen LogP contribution is -2.11. The molecule has 0 spiro atoms. The van der Waals surface area contributed by atoms with Crippen molar-refractivity contribution in [1.82, 2.24) is 9.55 Å². The average molecular weight is 727 g/mol. The number of nitrogens with zero attached hydrogens (tertiary/aromatic N) is 2. The van der Waals surface area contributed by atoms with E-state index in [4.69, 9.17) is 9.40 Å². The number of aromatic nitrogens is 2. The molecular formula is C53H46N2O. The quantitative estimate of drug-likeness (QED) is 0.165. The number of benzene rings is 8. The summed E-state index contributed by atoms with van der Waals surface area (Å²) in [5.74, 6) is 1.39. The third-order valence-corrected chi connectivity index (χ3v) is 11.8. The van der Waals surface area contributed by atoms with Crippen molar-refractivity contribution < 1.29 is 4.42 Å². The van der Waals surface area contributed by atoms with Crippen LogP contribution in [-0.2, 0) is 5.41 Å². The van der Waals surface area contributed by atoms with Gasteiger partial charge in [-0.05, 0) is 114 Å². The van der Waals surface area contributed by atoms with Gasteiger partial charge in [-0.3, -0.25) is 4.57 Å². The molecule has 0 aliphatic carbocycles. The zero-order valence-corrected chi connectivity index (χ0v) is 33.2. The number of rotatable bonds is 5. The van der Waals surface area contributed by atoms with Crippen LogP contribution in [0, 0.1) is 0 Å². The van der Waals surface area contributed by atoms with E-state index in [1.165, 1.54) is 65.8 Å². The van der Waals surface area contributed by atoms with Gasteiger partial charge in [-0.1, -0.05) is 146 Å². The molecular weight excluding hydrogens is 681 g/mol. The largest absolute Gasteiger partial charge is 0.455 e. The third-order valence-electron chi connectivity index (χ3n) is 11.8. The highest BCUT2D eigenvalue weighted by Crippen LogP contribution is 2.45. The van der Waals surface area contributed by atoms with Crippen molar-refractivity contribution in [2.24, 2.45) is 0 Å². The van der Waals surface area contributed by atoms with E-state index in [0.717, 1.165) is 44.4 Å². The summed E-state index contributed by atoms with van der Waals surface area (Å²) < 4.78 is 9.51. The van der Waals surface area contributed by atoms with Gasteiger partial charge in [0.2, 0.25) is 0 Å². The Bertz CT molecular complexity index is 3140. The molecule has 3 heteroatoms. The number of imidazole rings is 1. The van der Waals surface area contributed by atoms with Crippen molar-refractivity contribution in [3.63, 3.8) is 0 Å². The van der Waals surface area contributed by atoms with Crippen molar-refractivity contribution in [3.8, 4) is 28.2 Å². The number of para-hydroxylation sites is 1. The van der Waals surface area contributed by atoms with Crippen LogP contribution in [0.15, 0.2) is 144 Å². The van der Waals surface area contributed by atoms with Crippen LogP contribution in [0.2, 0.25) is 0 Å². The van der Waals surface area contributed by atoms with Crippen LogP contribution in [0.1, 0.15) is 77.0 Å². The summed E-state index contributed by atoms with van der Waals surface area (Å²) in [6.45, 7) is 16.2. The molecule has 0 saturated heterocycles. The molecule has 0 aliphatic heterocycles. The highest BCUT2D eigenvalue weighted by molar-refractivity contribution is 6.18. The molecule has 274 valence electrons. The molecule has 0 amide bonds. The van der Waals surface area contributed by atoms with Crippen LogP contribution in [0.4, 0.5) is 0 Å². The van der Waals surface area contributed by atoms with E-state index in [1.807, 2.05) is 0 Å². The van der Waals surface area contributed by atoms with Gasteiger partial charge in [0.05, 0.1) is 22.3 Å². The number of hydrogen-bond acceptors (Lipinski definition) is 2. The topological polar surface area (TPSA) is 31.0 Å². The summed E-state index contributed by atoms with van der Waals surface area (Å²) in [6.07, 6.45) is 0. The summed E-state index contributed by atoms with van der Waals surface area (Å²) in [7, 11) is 0. The first-order valence-electron chi connectivity index (χ1n) is 20.0. The van der Waals surface area contributed by atoms with Gasteiger partial charge in [0.1, 0.15) is 17.0 Å². The predicted octanol–water partition coefficient (Wildman–Crippen LogP) is 15.3. The monoisotopic (exact) mass is 726 g/mol. The highest BCUT2D eigenvalue weighted by atomic mass is 16.3. The molecule has 8 aromatic carbocycles. The zero-order valence-electron chi connectivity index (χ0n) is 33.2. The Morgan fingerprint density at radius 1 is 0.536 bits per heavy atom. The average Bonchev–Trinajstić information content (AvgIpc) is 3.77. The molecule has 0 unspecified atom stereocenters. The molecule has 0 bridgehead atoms. The predicted molar refractivity (Wildman–Crippen MR) is 239 cm³/mol. The lowest BCUT2D eigenvalue weighted by atomic mass is 9.85. The number of furan rings is 1. The fourth-order valence-corrected chi connectivity index (χ4v) is 8.84. The second kappa shape index (κ2) is 12.7. The van der Waals surface area contributed by atoms with E-state index in [-0.39, 0.29) is 17.3 Å². The minimum atomic E-state index is -0.0116. The molecule has 0 N–H and O–H groups in total. The minimum absolute atomic E-state index is 0.0116. The Balaban J connectivity index is 1.34. The van der Waals surface area contributed by atoms with E-state index < -0.39 is 0 Å². The van der Waals surface area contributed by atoms with Gasteiger partial charge in [-0.2, -0.15) is 0 Å². The van der Waals surface area contributed by atoms with Crippen molar-refractivity contribution >= 4 is 65.3 Å². The van der Waals surface area contributed by atoms with Crippen LogP contribution >= 0.6 is 0 Å². The molecule has 0 radical (unpaired) electrons. The van der Waals surface area contributed by atoms with Gasteiger partial charge in [0.25, 0.3) is 0 Å². The Kier molecular flexibility index (Phi) is 7.77. The fourth-order valence-electron chi connectivity index (χ4n) is 8.84. The maximum atomic E-state index is 7.01. The van der Waals surface area contributed by atoms with E-state index >= 15 is 0 Å². The smallest absolute Gasteiger partial charge is 0.149 e. The van der Waals surface area contributed by atoms with Crippen molar-refractivity contribution in [2.75, 3.05) is 0 Å². The van der Waals surface area contributed by atoms with Crippen molar-refractivity contribution in [3.05, 3.63) is 156 Å². The first kappa shape index (κ1) is 34.3. The van der Waals surface area contributed by atoms with E-state index in [0.29, 0.717) is 0 Å². The standard InChI is InChI=1S/C53H46N2O/c1-31(2)42-27-37(33-14-9-8-10-15-33)28-43(32(3)4)49(42)55-50-45-29-38(53(5,6)7)24-22-35(45)23-25-47(50)54-52(55)41-19-13-18-40-46-26-36-21-20-34-16-11-12-17-39(34)44(36)30-48(46)56-51(40)41/h8-32H,1-7H3. The van der Waals surface area contributed by atoms with Gasteiger partial charge in [0.15, 0.2) is 0 Å². The fraction of sp³-hybridized carbons (Fsp3) is 0.189. The Hall–Kier alpha value is -6.19. The van der Waals surface area contributed by atoms with E-state index in [1.54, 1.807) is 0 Å². The van der Waals surface area contributed by atoms with Crippen LogP contribution in [-0.4, -0.2) is 9.55 Å². The normalized spacial score (nSPS) is 12.5. The Labute approximate surface area is 328 Å². The first-order chi connectivity index (χ1) is 27.0. The van der Waals surface area contributed by atoms with Gasteiger partial charge in [-0.15, -0.1) is 0 Å². The van der Waals surface area contributed by atoms with Crippen LogP contribution in [0.25, 0.3) is 93.5 Å². The summed E-state index contributed by atoms with van der Waals surface area (Å²) >= 11 is 0. The molecule has 0 atom stereocenters.